The molecule has 0 bridgehead atoms. The van der Waals surface area contributed by atoms with E-state index >= 15 is 0 Å². The Labute approximate surface area is 194 Å². The van der Waals surface area contributed by atoms with Crippen molar-refractivity contribution in [2.75, 3.05) is 6.26 Å². The monoisotopic (exact) mass is 481 g/mol. The van der Waals surface area contributed by atoms with E-state index in [9.17, 15) is 23.3 Å². The van der Waals surface area contributed by atoms with Crippen LogP contribution in [0.1, 0.15) is 16.7 Å². The largest absolute Gasteiger partial charge is 0.422 e. The van der Waals surface area contributed by atoms with Gasteiger partial charge in [-0.25, -0.2) is 13.2 Å². The minimum atomic E-state index is -3.42. The average molecular weight is 482 g/mol. The summed E-state index contributed by atoms with van der Waals surface area (Å²) in [5, 5.41) is 11.5. The smallest absolute Gasteiger partial charge is 0.344 e. The molecule has 7 nitrogen and oxygen atoms in total. The lowest BCUT2D eigenvalue weighted by Crippen LogP contribution is -1.99. The number of ether oxygens (including phenoxy) is 1. The third-order valence-corrected chi connectivity index (χ3v) is 6.45. The number of carbonyl (C=O) groups is 1. The summed E-state index contributed by atoms with van der Waals surface area (Å²) in [5.74, 6) is -0.468. The van der Waals surface area contributed by atoms with Crippen LogP contribution in [0.5, 0.6) is 0 Å². The lowest BCUT2D eigenvalue weighted by Gasteiger charge is -2.08. The van der Waals surface area contributed by atoms with E-state index in [1.165, 1.54) is 36.4 Å². The van der Waals surface area contributed by atoms with Crippen LogP contribution in [-0.2, 0) is 19.4 Å². The fourth-order valence-electron chi connectivity index (χ4n) is 3.47. The average Bonchev–Trinajstić information content (AvgIpc) is 3.09. The van der Waals surface area contributed by atoms with Crippen LogP contribution in [0.25, 0.3) is 17.2 Å². The zero-order valence-corrected chi connectivity index (χ0v) is 18.8. The molecule has 0 N–H and O–H groups in total. The second kappa shape index (κ2) is 8.65. The van der Waals surface area contributed by atoms with Gasteiger partial charge in [0.15, 0.2) is 9.84 Å². The molecule has 1 aliphatic rings. The first-order valence-electron chi connectivity index (χ1n) is 9.63. The van der Waals surface area contributed by atoms with E-state index in [2.05, 4.69) is 0 Å². The number of non-ortho nitro benzene ring substituents is 1. The highest BCUT2D eigenvalue weighted by molar-refractivity contribution is 7.90. The van der Waals surface area contributed by atoms with Crippen LogP contribution in [0.15, 0.2) is 83.5 Å². The molecule has 0 radical (unpaired) electrons. The molecule has 4 rings (SSSR count). The molecule has 0 amide bonds. The number of nitro groups is 1. The van der Waals surface area contributed by atoms with Gasteiger partial charge in [-0.1, -0.05) is 54.1 Å². The van der Waals surface area contributed by atoms with Gasteiger partial charge in [0.1, 0.15) is 5.76 Å². The molecule has 1 heterocycles. The van der Waals surface area contributed by atoms with Crippen LogP contribution in [0.2, 0.25) is 5.02 Å². The number of benzene rings is 3. The number of carbonyl (C=O) groups excluding carboxylic acids is 1. The van der Waals surface area contributed by atoms with Gasteiger partial charge in [-0.05, 0) is 35.4 Å². The van der Waals surface area contributed by atoms with E-state index in [1.54, 1.807) is 42.5 Å². The van der Waals surface area contributed by atoms with Crippen molar-refractivity contribution in [2.24, 2.45) is 0 Å². The van der Waals surface area contributed by atoms with Gasteiger partial charge in [0.05, 0.1) is 15.4 Å². The zero-order chi connectivity index (χ0) is 23.8. The number of esters is 1. The van der Waals surface area contributed by atoms with Crippen LogP contribution in [0.4, 0.5) is 5.69 Å². The molecule has 0 aliphatic carbocycles. The standard InChI is InChI=1S/C24H16ClNO6S/c1-33(30,31)18-11-9-16(10-12-18)22-21(14-15-5-4-6-17(13-15)26(28)29)32-24(27)23(22)19-7-2-3-8-20(19)25/h2-14H,1H3/b21-14-. The Kier molecular flexibility index (Phi) is 5.88. The summed E-state index contributed by atoms with van der Waals surface area (Å²) in [6.45, 7) is 0. The van der Waals surface area contributed by atoms with Crippen LogP contribution in [0, 0.1) is 10.1 Å². The molecule has 0 fully saturated rings. The molecular formula is C24H16ClNO6S. The number of hydrogen-bond acceptors (Lipinski definition) is 6. The molecule has 1 aliphatic heterocycles. The van der Waals surface area contributed by atoms with E-state index < -0.39 is 20.7 Å². The minimum Gasteiger partial charge on any atom is -0.422 e. The SMILES string of the molecule is CS(=O)(=O)c1ccc(C2=C(c3ccccc3Cl)C(=O)O/C2=C\c2cccc([N+](=O)[O-])c2)cc1. The normalized spacial score (nSPS) is 15.1. The number of rotatable bonds is 5. The molecule has 0 aromatic heterocycles. The first-order valence-corrected chi connectivity index (χ1v) is 11.9. The van der Waals surface area contributed by atoms with E-state index in [0.29, 0.717) is 27.3 Å². The lowest BCUT2D eigenvalue weighted by atomic mass is 9.94. The predicted molar refractivity (Wildman–Crippen MR) is 125 cm³/mol. The molecule has 0 unspecified atom stereocenters. The van der Waals surface area contributed by atoms with Crippen molar-refractivity contribution in [1.29, 1.82) is 0 Å². The van der Waals surface area contributed by atoms with Gasteiger partial charge >= 0.3 is 5.97 Å². The van der Waals surface area contributed by atoms with Crippen molar-refractivity contribution < 1.29 is 22.9 Å². The summed E-state index contributed by atoms with van der Waals surface area (Å²) in [4.78, 5) is 23.7. The first kappa shape index (κ1) is 22.4. The highest BCUT2D eigenvalue weighted by Crippen LogP contribution is 2.42. The molecule has 0 atom stereocenters. The van der Waals surface area contributed by atoms with E-state index in [4.69, 9.17) is 16.3 Å². The Morgan fingerprint density at radius 2 is 1.67 bits per heavy atom. The van der Waals surface area contributed by atoms with E-state index in [-0.39, 0.29) is 21.9 Å². The second-order valence-electron chi connectivity index (χ2n) is 7.28. The van der Waals surface area contributed by atoms with E-state index in [0.717, 1.165) is 6.26 Å². The highest BCUT2D eigenvalue weighted by atomic mass is 35.5. The number of hydrogen-bond donors (Lipinski definition) is 0. The molecule has 0 spiro atoms. The third-order valence-electron chi connectivity index (χ3n) is 5.00. The summed E-state index contributed by atoms with van der Waals surface area (Å²) in [5.41, 5.74) is 1.94. The number of nitrogens with zero attached hydrogens (tertiary/aromatic N) is 1. The van der Waals surface area contributed by atoms with Gasteiger partial charge in [0.25, 0.3) is 5.69 Å². The number of allylic oxidation sites excluding steroid dienone is 1. The number of nitro benzene ring substituents is 1. The molecule has 9 heteroatoms. The van der Waals surface area contributed by atoms with Crippen LogP contribution in [0.3, 0.4) is 0 Å². The number of sulfone groups is 1. The Hall–Kier alpha value is -3.75. The second-order valence-corrected chi connectivity index (χ2v) is 9.70. The predicted octanol–water partition coefficient (Wildman–Crippen LogP) is 5.16. The minimum absolute atomic E-state index is 0.108. The Bertz CT molecular complexity index is 1460. The molecule has 0 saturated heterocycles. The van der Waals surface area contributed by atoms with Gasteiger partial charge in [-0.15, -0.1) is 0 Å². The van der Waals surface area contributed by atoms with E-state index in [1.807, 2.05) is 0 Å². The fourth-order valence-corrected chi connectivity index (χ4v) is 4.33. The van der Waals surface area contributed by atoms with Crippen molar-refractivity contribution in [3.63, 3.8) is 0 Å². The maximum Gasteiger partial charge on any atom is 0.344 e. The molecule has 0 saturated carbocycles. The van der Waals surface area contributed by atoms with Gasteiger partial charge in [-0.2, -0.15) is 0 Å². The van der Waals surface area contributed by atoms with Gasteiger partial charge in [-0.3, -0.25) is 10.1 Å². The summed E-state index contributed by atoms with van der Waals surface area (Å²) in [7, 11) is -3.42. The Morgan fingerprint density at radius 1 is 0.970 bits per heavy atom. The van der Waals surface area contributed by atoms with Crippen molar-refractivity contribution in [3.8, 4) is 0 Å². The van der Waals surface area contributed by atoms with Crippen LogP contribution >= 0.6 is 11.6 Å². The van der Waals surface area contributed by atoms with Crippen LogP contribution < -0.4 is 0 Å². The fraction of sp³-hybridized carbons (Fsp3) is 0.0417. The summed E-state index contributed by atoms with van der Waals surface area (Å²) in [6, 6.07) is 18.7. The lowest BCUT2D eigenvalue weighted by molar-refractivity contribution is -0.384. The zero-order valence-electron chi connectivity index (χ0n) is 17.2. The first-order chi connectivity index (χ1) is 15.6. The summed E-state index contributed by atoms with van der Waals surface area (Å²) in [6.07, 6.45) is 2.63. The maximum atomic E-state index is 12.9. The topological polar surface area (TPSA) is 104 Å². The van der Waals surface area contributed by atoms with Gasteiger partial charge < -0.3 is 4.74 Å². The van der Waals surface area contributed by atoms with Crippen molar-refractivity contribution in [2.45, 2.75) is 4.90 Å². The number of cyclic esters (lactones) is 1. The summed E-state index contributed by atoms with van der Waals surface area (Å²) < 4.78 is 29.3. The molecule has 3 aromatic carbocycles. The number of halogens is 1. The molecular weight excluding hydrogens is 466 g/mol. The molecule has 166 valence electrons. The van der Waals surface area contributed by atoms with Crippen molar-refractivity contribution in [3.05, 3.63) is 110 Å². The van der Waals surface area contributed by atoms with Crippen molar-refractivity contribution in [1.82, 2.24) is 0 Å². The highest BCUT2D eigenvalue weighted by Gasteiger charge is 2.33. The Balaban J connectivity index is 1.94. The maximum absolute atomic E-state index is 12.9. The van der Waals surface area contributed by atoms with Gasteiger partial charge in [0.2, 0.25) is 0 Å². The van der Waals surface area contributed by atoms with Crippen molar-refractivity contribution >= 4 is 50.3 Å². The quantitative estimate of drug-likeness (QED) is 0.283. The Morgan fingerprint density at radius 3 is 2.30 bits per heavy atom. The van der Waals surface area contributed by atoms with Gasteiger partial charge in [0, 0.05) is 34.5 Å². The summed E-state index contributed by atoms with van der Waals surface area (Å²) >= 11 is 6.36. The molecule has 33 heavy (non-hydrogen) atoms. The third kappa shape index (κ3) is 4.57. The molecule has 3 aromatic rings. The van der Waals surface area contributed by atoms with Crippen LogP contribution in [-0.4, -0.2) is 25.6 Å².